The number of halogens is 2. The molecule has 1 aromatic heterocycles. The first-order chi connectivity index (χ1) is 17.1. The van der Waals surface area contributed by atoms with Gasteiger partial charge in [0.25, 0.3) is 5.91 Å². The SMILES string of the molecule is O=C(c1ccccn1)N(C1CC1)[C@@H](Cc1ccccc1)C1CCN(Cc2cc(F)ccc2F)CC1. The Hall–Kier alpha value is -3.12. The lowest BCUT2D eigenvalue weighted by Crippen LogP contribution is -2.50. The first kappa shape index (κ1) is 23.6. The molecule has 3 aromatic rings. The van der Waals surface area contributed by atoms with Gasteiger partial charge in [0.15, 0.2) is 0 Å². The zero-order valence-electron chi connectivity index (χ0n) is 19.8. The molecule has 2 fully saturated rings. The van der Waals surface area contributed by atoms with Gasteiger partial charge in [0.2, 0.25) is 0 Å². The van der Waals surface area contributed by atoms with Gasteiger partial charge in [-0.3, -0.25) is 14.7 Å². The topological polar surface area (TPSA) is 36.4 Å². The van der Waals surface area contributed by atoms with Crippen molar-refractivity contribution in [3.05, 3.63) is 101 Å². The van der Waals surface area contributed by atoms with E-state index in [-0.39, 0.29) is 23.8 Å². The summed E-state index contributed by atoms with van der Waals surface area (Å²) < 4.78 is 27.8. The number of carbonyl (C=O) groups excluding carboxylic acids is 1. The van der Waals surface area contributed by atoms with E-state index in [0.717, 1.165) is 51.3 Å². The van der Waals surface area contributed by atoms with Crippen LogP contribution in [0.4, 0.5) is 8.78 Å². The molecular formula is C29H31F2N3O. The van der Waals surface area contributed by atoms with E-state index in [0.29, 0.717) is 23.7 Å². The number of pyridine rings is 1. The lowest BCUT2D eigenvalue weighted by atomic mass is 9.84. The maximum absolute atomic E-state index is 14.2. The van der Waals surface area contributed by atoms with Crippen molar-refractivity contribution in [1.82, 2.24) is 14.8 Å². The fourth-order valence-corrected chi connectivity index (χ4v) is 5.31. The molecule has 0 radical (unpaired) electrons. The standard InChI is InChI=1S/C29H31F2N3O/c30-24-9-12-26(31)23(19-24)20-33-16-13-22(14-17-33)28(18-21-6-2-1-3-7-21)34(25-10-11-25)29(35)27-8-4-5-15-32-27/h1-9,12,15,19,22,25,28H,10-11,13-14,16-18,20H2/t28-/m0/s1. The minimum Gasteiger partial charge on any atom is -0.331 e. The maximum Gasteiger partial charge on any atom is 0.272 e. The average Bonchev–Trinajstić information content (AvgIpc) is 3.73. The van der Waals surface area contributed by atoms with Crippen molar-refractivity contribution in [2.45, 2.75) is 50.7 Å². The number of likely N-dealkylation sites (tertiary alicyclic amines) is 1. The summed E-state index contributed by atoms with van der Waals surface area (Å²) in [5.41, 5.74) is 2.12. The Morgan fingerprint density at radius 3 is 2.40 bits per heavy atom. The summed E-state index contributed by atoms with van der Waals surface area (Å²) >= 11 is 0. The van der Waals surface area contributed by atoms with Gasteiger partial charge in [0.1, 0.15) is 17.3 Å². The van der Waals surface area contributed by atoms with Gasteiger partial charge in [-0.25, -0.2) is 8.78 Å². The molecule has 1 atom stereocenters. The molecule has 182 valence electrons. The van der Waals surface area contributed by atoms with E-state index in [1.807, 2.05) is 30.3 Å². The zero-order valence-corrected chi connectivity index (χ0v) is 19.8. The fourth-order valence-electron chi connectivity index (χ4n) is 5.31. The molecule has 2 aliphatic rings. The number of benzene rings is 2. The molecule has 0 N–H and O–H groups in total. The van der Waals surface area contributed by atoms with Crippen LogP contribution >= 0.6 is 0 Å². The number of piperidine rings is 1. The Morgan fingerprint density at radius 1 is 0.971 bits per heavy atom. The molecule has 6 heteroatoms. The molecule has 1 aliphatic heterocycles. The van der Waals surface area contributed by atoms with E-state index < -0.39 is 5.82 Å². The Bertz CT molecular complexity index is 1130. The van der Waals surface area contributed by atoms with Gasteiger partial charge in [-0.05, 0) is 87.0 Å². The molecule has 0 bridgehead atoms. The number of rotatable bonds is 8. The number of amides is 1. The minimum atomic E-state index is -0.410. The van der Waals surface area contributed by atoms with E-state index >= 15 is 0 Å². The van der Waals surface area contributed by atoms with Crippen LogP contribution in [-0.4, -0.2) is 45.9 Å². The van der Waals surface area contributed by atoms with Crippen LogP contribution in [0.2, 0.25) is 0 Å². The third kappa shape index (κ3) is 5.76. The molecule has 1 saturated carbocycles. The van der Waals surface area contributed by atoms with Crippen LogP contribution in [0.3, 0.4) is 0 Å². The number of carbonyl (C=O) groups is 1. The van der Waals surface area contributed by atoms with Crippen LogP contribution in [-0.2, 0) is 13.0 Å². The van der Waals surface area contributed by atoms with Crippen LogP contribution in [0, 0.1) is 17.6 Å². The number of aromatic nitrogens is 1. The smallest absolute Gasteiger partial charge is 0.272 e. The Kier molecular flexibility index (Phi) is 7.19. The molecule has 35 heavy (non-hydrogen) atoms. The lowest BCUT2D eigenvalue weighted by Gasteiger charge is -2.42. The Balaban J connectivity index is 1.34. The van der Waals surface area contributed by atoms with Gasteiger partial charge >= 0.3 is 0 Å². The van der Waals surface area contributed by atoms with Crippen LogP contribution < -0.4 is 0 Å². The van der Waals surface area contributed by atoms with Crippen molar-refractivity contribution in [2.24, 2.45) is 5.92 Å². The van der Waals surface area contributed by atoms with Crippen molar-refractivity contribution in [3.63, 3.8) is 0 Å². The van der Waals surface area contributed by atoms with Crippen molar-refractivity contribution < 1.29 is 13.6 Å². The largest absolute Gasteiger partial charge is 0.331 e. The highest BCUT2D eigenvalue weighted by Gasteiger charge is 2.42. The maximum atomic E-state index is 14.2. The zero-order chi connectivity index (χ0) is 24.2. The number of nitrogens with zero attached hydrogens (tertiary/aromatic N) is 3. The van der Waals surface area contributed by atoms with Gasteiger partial charge in [-0.1, -0.05) is 36.4 Å². The summed E-state index contributed by atoms with van der Waals surface area (Å²) in [6.07, 6.45) is 6.36. The number of hydrogen-bond donors (Lipinski definition) is 0. The Morgan fingerprint density at radius 2 is 1.71 bits per heavy atom. The van der Waals surface area contributed by atoms with Crippen molar-refractivity contribution in [3.8, 4) is 0 Å². The van der Waals surface area contributed by atoms with Gasteiger partial charge in [0, 0.05) is 30.4 Å². The van der Waals surface area contributed by atoms with Gasteiger partial charge in [-0.2, -0.15) is 0 Å². The van der Waals surface area contributed by atoms with Gasteiger partial charge in [-0.15, -0.1) is 0 Å². The van der Waals surface area contributed by atoms with Crippen molar-refractivity contribution in [2.75, 3.05) is 13.1 Å². The first-order valence-electron chi connectivity index (χ1n) is 12.5. The van der Waals surface area contributed by atoms with E-state index in [2.05, 4.69) is 26.9 Å². The number of hydrogen-bond acceptors (Lipinski definition) is 3. The molecule has 0 unspecified atom stereocenters. The quantitative estimate of drug-likeness (QED) is 0.432. The minimum absolute atomic E-state index is 0.0123. The van der Waals surface area contributed by atoms with Crippen LogP contribution in [0.15, 0.2) is 72.9 Å². The molecule has 0 spiro atoms. The van der Waals surface area contributed by atoms with Gasteiger partial charge in [0.05, 0.1) is 0 Å². The molecule has 2 aromatic carbocycles. The second kappa shape index (κ2) is 10.6. The summed E-state index contributed by atoms with van der Waals surface area (Å²) in [5, 5.41) is 0. The summed E-state index contributed by atoms with van der Waals surface area (Å²) in [4.78, 5) is 22.3. The highest BCUT2D eigenvalue weighted by Crippen LogP contribution is 2.36. The Labute approximate surface area is 205 Å². The van der Waals surface area contributed by atoms with Crippen molar-refractivity contribution in [1.29, 1.82) is 0 Å². The molecule has 4 nitrogen and oxygen atoms in total. The van der Waals surface area contributed by atoms with E-state index in [1.165, 1.54) is 17.7 Å². The summed E-state index contributed by atoms with van der Waals surface area (Å²) in [7, 11) is 0. The summed E-state index contributed by atoms with van der Waals surface area (Å²) in [6, 6.07) is 19.8. The monoisotopic (exact) mass is 475 g/mol. The van der Waals surface area contributed by atoms with Crippen LogP contribution in [0.25, 0.3) is 0 Å². The van der Waals surface area contributed by atoms with Gasteiger partial charge < -0.3 is 4.90 Å². The highest BCUT2D eigenvalue weighted by atomic mass is 19.1. The normalized spacial score (nSPS) is 17.8. The second-order valence-corrected chi connectivity index (χ2v) is 9.76. The summed E-state index contributed by atoms with van der Waals surface area (Å²) in [6.45, 7) is 1.99. The molecule has 1 aliphatic carbocycles. The summed E-state index contributed by atoms with van der Waals surface area (Å²) in [5.74, 6) is -0.431. The molecule has 5 rings (SSSR count). The fraction of sp³-hybridized carbons (Fsp3) is 0.379. The van der Waals surface area contributed by atoms with E-state index in [4.69, 9.17) is 0 Å². The lowest BCUT2D eigenvalue weighted by molar-refractivity contribution is 0.0476. The second-order valence-electron chi connectivity index (χ2n) is 9.76. The molecule has 1 saturated heterocycles. The molecule has 1 amide bonds. The molecule has 2 heterocycles. The predicted molar refractivity (Wildman–Crippen MR) is 132 cm³/mol. The average molecular weight is 476 g/mol. The third-order valence-electron chi connectivity index (χ3n) is 7.28. The predicted octanol–water partition coefficient (Wildman–Crippen LogP) is 5.49. The molecular weight excluding hydrogens is 444 g/mol. The van der Waals surface area contributed by atoms with E-state index in [1.54, 1.807) is 12.3 Å². The first-order valence-corrected chi connectivity index (χ1v) is 12.5. The van der Waals surface area contributed by atoms with Crippen LogP contribution in [0.1, 0.15) is 47.3 Å². The van der Waals surface area contributed by atoms with Crippen LogP contribution in [0.5, 0.6) is 0 Å². The van der Waals surface area contributed by atoms with E-state index in [9.17, 15) is 13.6 Å². The third-order valence-corrected chi connectivity index (χ3v) is 7.28. The van der Waals surface area contributed by atoms with Crippen molar-refractivity contribution >= 4 is 5.91 Å². The highest BCUT2D eigenvalue weighted by molar-refractivity contribution is 5.93.